The van der Waals surface area contributed by atoms with E-state index in [4.69, 9.17) is 5.11 Å². The number of carbonyl (C=O) groups is 1. The van der Waals surface area contributed by atoms with E-state index in [-0.39, 0.29) is 6.04 Å². The average Bonchev–Trinajstić information content (AvgIpc) is 2.20. The van der Waals surface area contributed by atoms with E-state index in [0.717, 1.165) is 25.8 Å². The van der Waals surface area contributed by atoms with Crippen molar-refractivity contribution in [3.05, 3.63) is 0 Å². The van der Waals surface area contributed by atoms with Crippen LogP contribution in [0.3, 0.4) is 0 Å². The van der Waals surface area contributed by atoms with Crippen molar-refractivity contribution in [3.63, 3.8) is 0 Å². The third-order valence-corrected chi connectivity index (χ3v) is 2.88. The Morgan fingerprint density at radius 3 is 2.54 bits per heavy atom. The molecule has 4 heteroatoms. The molecule has 0 bridgehead atoms. The number of carboxylic acid groups (broad SMARTS) is 1. The first-order valence-corrected chi connectivity index (χ1v) is 5.30. The molecule has 0 aliphatic carbocycles. The van der Waals surface area contributed by atoms with Gasteiger partial charge < -0.3 is 5.11 Å². The molecule has 1 fully saturated rings. The molecule has 0 aromatic rings. The minimum atomic E-state index is -0.681. The van der Waals surface area contributed by atoms with Crippen LogP contribution in [-0.2, 0) is 4.79 Å². The van der Waals surface area contributed by atoms with Crippen molar-refractivity contribution >= 4 is 17.9 Å². The standard InChI is InChI=1S/C7H13NO2S.C2H2/c1-11-8-5-3-2-4-6(8)7(9)10;1-2/h6H,2-5H2,1H3,(H,9,10);1-2H. The van der Waals surface area contributed by atoms with Crippen molar-refractivity contribution in [1.82, 2.24) is 4.31 Å². The zero-order valence-electron chi connectivity index (χ0n) is 7.77. The van der Waals surface area contributed by atoms with Crippen molar-refractivity contribution in [2.24, 2.45) is 0 Å². The van der Waals surface area contributed by atoms with Gasteiger partial charge in [0.05, 0.1) is 0 Å². The van der Waals surface area contributed by atoms with Gasteiger partial charge in [0.1, 0.15) is 6.04 Å². The maximum absolute atomic E-state index is 10.7. The Morgan fingerprint density at radius 1 is 1.54 bits per heavy atom. The molecule has 1 aliphatic rings. The van der Waals surface area contributed by atoms with Crippen LogP contribution in [0.2, 0.25) is 0 Å². The summed E-state index contributed by atoms with van der Waals surface area (Å²) < 4.78 is 1.95. The van der Waals surface area contributed by atoms with Gasteiger partial charge in [-0.05, 0) is 25.5 Å². The molecule has 1 rings (SSSR count). The van der Waals surface area contributed by atoms with Gasteiger partial charge in [-0.1, -0.05) is 11.9 Å². The van der Waals surface area contributed by atoms with E-state index >= 15 is 0 Å². The molecular weight excluding hydrogens is 186 g/mol. The monoisotopic (exact) mass is 201 g/mol. The predicted octanol–water partition coefficient (Wildman–Crippen LogP) is 1.45. The molecule has 3 nitrogen and oxygen atoms in total. The molecule has 0 radical (unpaired) electrons. The molecule has 1 unspecified atom stereocenters. The molecule has 1 atom stereocenters. The smallest absolute Gasteiger partial charge is 0.321 e. The summed E-state index contributed by atoms with van der Waals surface area (Å²) in [6.07, 6.45) is 12.9. The highest BCUT2D eigenvalue weighted by Crippen LogP contribution is 2.22. The van der Waals surface area contributed by atoms with Crippen LogP contribution in [0.4, 0.5) is 0 Å². The summed E-state index contributed by atoms with van der Waals surface area (Å²) in [7, 11) is 0. The normalized spacial score (nSPS) is 22.8. The molecule has 13 heavy (non-hydrogen) atoms. The van der Waals surface area contributed by atoms with E-state index < -0.39 is 5.97 Å². The van der Waals surface area contributed by atoms with Crippen molar-refractivity contribution in [2.45, 2.75) is 25.3 Å². The quantitative estimate of drug-likeness (QED) is 0.542. The van der Waals surface area contributed by atoms with Gasteiger partial charge in [-0.25, -0.2) is 4.31 Å². The van der Waals surface area contributed by atoms with Gasteiger partial charge >= 0.3 is 5.97 Å². The van der Waals surface area contributed by atoms with Crippen molar-refractivity contribution in [1.29, 1.82) is 0 Å². The second kappa shape index (κ2) is 6.81. The summed E-state index contributed by atoms with van der Waals surface area (Å²) in [5.74, 6) is -0.681. The zero-order chi connectivity index (χ0) is 10.3. The van der Waals surface area contributed by atoms with Crippen molar-refractivity contribution in [2.75, 3.05) is 12.8 Å². The molecule has 0 saturated carbocycles. The van der Waals surface area contributed by atoms with E-state index in [1.165, 1.54) is 11.9 Å². The number of piperidine rings is 1. The summed E-state index contributed by atoms with van der Waals surface area (Å²) in [4.78, 5) is 10.7. The third kappa shape index (κ3) is 3.71. The Balaban J connectivity index is 0.000000671. The number of rotatable bonds is 2. The number of hydrogen-bond acceptors (Lipinski definition) is 3. The highest BCUT2D eigenvalue weighted by molar-refractivity contribution is 7.96. The van der Waals surface area contributed by atoms with Crippen LogP contribution in [0.25, 0.3) is 0 Å². The molecule has 0 aromatic carbocycles. The Morgan fingerprint density at radius 2 is 2.15 bits per heavy atom. The van der Waals surface area contributed by atoms with Gasteiger partial charge in [-0.2, -0.15) is 0 Å². The summed E-state index contributed by atoms with van der Waals surface area (Å²) >= 11 is 1.53. The second-order valence-corrected chi connectivity index (χ2v) is 3.51. The predicted molar refractivity (Wildman–Crippen MR) is 55.4 cm³/mol. The van der Waals surface area contributed by atoms with E-state index in [2.05, 4.69) is 12.8 Å². The molecule has 74 valence electrons. The summed E-state index contributed by atoms with van der Waals surface area (Å²) in [5, 5.41) is 8.78. The van der Waals surface area contributed by atoms with E-state index in [9.17, 15) is 4.79 Å². The number of terminal acetylenes is 1. The lowest BCUT2D eigenvalue weighted by molar-refractivity contribution is -0.142. The van der Waals surface area contributed by atoms with Crippen LogP contribution in [0.5, 0.6) is 0 Å². The summed E-state index contributed by atoms with van der Waals surface area (Å²) in [6, 6.07) is -0.251. The van der Waals surface area contributed by atoms with E-state index in [1.807, 2.05) is 10.6 Å². The molecular formula is C9H15NO2S. The fourth-order valence-electron chi connectivity index (χ4n) is 1.37. The molecule has 0 aromatic heterocycles. The first kappa shape index (κ1) is 12.3. The Bertz CT molecular complexity index is 182. The largest absolute Gasteiger partial charge is 0.480 e. The van der Waals surface area contributed by atoms with Crippen molar-refractivity contribution < 1.29 is 9.90 Å². The summed E-state index contributed by atoms with van der Waals surface area (Å²) in [6.45, 7) is 0.915. The Hall–Kier alpha value is -0.660. The van der Waals surface area contributed by atoms with Gasteiger partial charge in [0.25, 0.3) is 0 Å². The lowest BCUT2D eigenvalue weighted by Gasteiger charge is -2.30. The first-order valence-electron chi connectivity index (χ1n) is 4.12. The third-order valence-electron chi connectivity index (χ3n) is 1.97. The maximum atomic E-state index is 10.7. The summed E-state index contributed by atoms with van der Waals surface area (Å²) in [5.41, 5.74) is 0. The fourth-order valence-corrected chi connectivity index (χ4v) is 2.13. The van der Waals surface area contributed by atoms with E-state index in [1.54, 1.807) is 0 Å². The van der Waals surface area contributed by atoms with Crippen LogP contribution in [0, 0.1) is 12.8 Å². The van der Waals surface area contributed by atoms with Gasteiger partial charge in [0.2, 0.25) is 0 Å². The van der Waals surface area contributed by atoms with E-state index in [0.29, 0.717) is 0 Å². The number of carboxylic acids is 1. The molecule has 1 saturated heterocycles. The molecule has 1 heterocycles. The fraction of sp³-hybridized carbons (Fsp3) is 0.667. The SMILES string of the molecule is C#C.CSN1CCCCC1C(=O)O. The number of nitrogens with zero attached hydrogens (tertiary/aromatic N) is 1. The van der Waals surface area contributed by atoms with Crippen LogP contribution in [0.15, 0.2) is 0 Å². The molecule has 0 amide bonds. The lowest BCUT2D eigenvalue weighted by atomic mass is 10.1. The number of hydrogen-bond donors (Lipinski definition) is 1. The Labute approximate surface area is 83.6 Å². The lowest BCUT2D eigenvalue weighted by Crippen LogP contribution is -2.39. The topological polar surface area (TPSA) is 40.5 Å². The minimum Gasteiger partial charge on any atom is -0.480 e. The Kier molecular flexibility index (Phi) is 6.47. The number of aliphatic carboxylic acids is 1. The van der Waals surface area contributed by atoms with Crippen molar-refractivity contribution in [3.8, 4) is 12.8 Å². The van der Waals surface area contributed by atoms with Gasteiger partial charge in [-0.15, -0.1) is 12.8 Å². The van der Waals surface area contributed by atoms with Crippen LogP contribution >= 0.6 is 11.9 Å². The van der Waals surface area contributed by atoms with Crippen LogP contribution < -0.4 is 0 Å². The average molecular weight is 201 g/mol. The van der Waals surface area contributed by atoms with Crippen LogP contribution in [0.1, 0.15) is 19.3 Å². The minimum absolute atomic E-state index is 0.251. The second-order valence-electron chi connectivity index (χ2n) is 2.67. The van der Waals surface area contributed by atoms with Gasteiger partial charge in [-0.3, -0.25) is 4.79 Å². The molecule has 1 aliphatic heterocycles. The highest BCUT2D eigenvalue weighted by atomic mass is 32.2. The molecule has 1 N–H and O–H groups in total. The highest BCUT2D eigenvalue weighted by Gasteiger charge is 2.27. The molecule has 0 spiro atoms. The maximum Gasteiger partial charge on any atom is 0.321 e. The van der Waals surface area contributed by atoms with Crippen LogP contribution in [-0.4, -0.2) is 34.2 Å². The zero-order valence-corrected chi connectivity index (χ0v) is 8.59. The first-order chi connectivity index (χ1) is 6.25. The van der Waals surface area contributed by atoms with Gasteiger partial charge in [0.15, 0.2) is 0 Å². The van der Waals surface area contributed by atoms with Gasteiger partial charge in [0, 0.05) is 6.54 Å².